The highest BCUT2D eigenvalue weighted by Gasteiger charge is 2.27. The molecule has 1 aliphatic heterocycles. The third-order valence-corrected chi connectivity index (χ3v) is 7.02. The van der Waals surface area contributed by atoms with Gasteiger partial charge in [-0.05, 0) is 55.0 Å². The minimum absolute atomic E-state index is 0.158. The lowest BCUT2D eigenvalue weighted by Gasteiger charge is -2.34. The minimum atomic E-state index is 0.158. The third-order valence-electron chi connectivity index (χ3n) is 6.23. The highest BCUT2D eigenvalue weighted by molar-refractivity contribution is 7.16. The predicted octanol–water partition coefficient (Wildman–Crippen LogP) is 4.00. The number of aryl methyl sites for hydroxylation is 1. The zero-order chi connectivity index (χ0) is 18.9. The summed E-state index contributed by atoms with van der Waals surface area (Å²) in [6, 6.07) is 15.4. The van der Waals surface area contributed by atoms with Gasteiger partial charge in [0.25, 0.3) is 5.91 Å². The summed E-state index contributed by atoms with van der Waals surface area (Å²) in [6.45, 7) is 3.73. The fraction of sp³-hybridized carbons (Fsp3) is 0.391. The van der Waals surface area contributed by atoms with E-state index in [9.17, 15) is 4.79 Å². The van der Waals surface area contributed by atoms with Gasteiger partial charge in [-0.2, -0.15) is 0 Å². The molecule has 1 aliphatic carbocycles. The molecule has 0 bridgehead atoms. The number of nitrogens with zero attached hydrogens (tertiary/aromatic N) is 3. The van der Waals surface area contributed by atoms with Crippen LogP contribution in [0.2, 0.25) is 0 Å². The molecular weight excluding hydrogens is 366 g/mol. The summed E-state index contributed by atoms with van der Waals surface area (Å²) >= 11 is 1.59. The molecule has 1 saturated heterocycles. The van der Waals surface area contributed by atoms with Gasteiger partial charge in [0.1, 0.15) is 0 Å². The van der Waals surface area contributed by atoms with Gasteiger partial charge in [-0.1, -0.05) is 24.3 Å². The van der Waals surface area contributed by atoms with Crippen LogP contribution in [-0.2, 0) is 12.8 Å². The number of hydrogen-bond donors (Lipinski definition) is 0. The first-order valence-electron chi connectivity index (χ1n) is 10.2. The maximum atomic E-state index is 13.1. The largest absolute Gasteiger partial charge is 0.337 e. The number of thiazole rings is 1. The number of carbonyl (C=O) groups excluding carboxylic acids is 1. The number of aromatic nitrogens is 1. The molecule has 0 spiro atoms. The van der Waals surface area contributed by atoms with Crippen LogP contribution in [0.15, 0.2) is 48.0 Å². The molecule has 0 N–H and O–H groups in total. The van der Waals surface area contributed by atoms with Crippen molar-refractivity contribution in [3.05, 3.63) is 64.7 Å². The smallest absolute Gasteiger partial charge is 0.253 e. The van der Waals surface area contributed by atoms with Crippen molar-refractivity contribution in [1.29, 1.82) is 0 Å². The summed E-state index contributed by atoms with van der Waals surface area (Å²) in [5.74, 6) is 0.158. The van der Waals surface area contributed by atoms with E-state index in [1.165, 1.54) is 24.0 Å². The van der Waals surface area contributed by atoms with Crippen LogP contribution in [0.4, 0.5) is 0 Å². The van der Waals surface area contributed by atoms with Crippen molar-refractivity contribution in [3.63, 3.8) is 0 Å². The SMILES string of the molecule is O=C(c1ccc2ncsc2c1)N1CCCN(C2CCc3ccccc3C2)CC1. The maximum Gasteiger partial charge on any atom is 0.253 e. The molecule has 0 radical (unpaired) electrons. The summed E-state index contributed by atoms with van der Waals surface area (Å²) in [5, 5.41) is 0. The van der Waals surface area contributed by atoms with E-state index in [-0.39, 0.29) is 5.91 Å². The van der Waals surface area contributed by atoms with Crippen LogP contribution in [0.3, 0.4) is 0 Å². The molecule has 0 saturated carbocycles. The predicted molar refractivity (Wildman–Crippen MR) is 114 cm³/mol. The third kappa shape index (κ3) is 3.45. The van der Waals surface area contributed by atoms with Crippen molar-refractivity contribution in [2.45, 2.75) is 31.7 Å². The van der Waals surface area contributed by atoms with E-state index >= 15 is 0 Å². The maximum absolute atomic E-state index is 13.1. The molecule has 1 aromatic heterocycles. The molecule has 1 amide bonds. The molecule has 144 valence electrons. The molecule has 3 aromatic rings. The second kappa shape index (κ2) is 7.64. The van der Waals surface area contributed by atoms with Gasteiger partial charge in [-0.3, -0.25) is 9.69 Å². The first-order valence-corrected chi connectivity index (χ1v) is 11.1. The van der Waals surface area contributed by atoms with Crippen LogP contribution in [-0.4, -0.2) is 52.9 Å². The van der Waals surface area contributed by atoms with Crippen molar-refractivity contribution in [1.82, 2.24) is 14.8 Å². The van der Waals surface area contributed by atoms with Gasteiger partial charge in [0, 0.05) is 37.8 Å². The van der Waals surface area contributed by atoms with Crippen molar-refractivity contribution in [2.75, 3.05) is 26.2 Å². The van der Waals surface area contributed by atoms with Gasteiger partial charge >= 0.3 is 0 Å². The van der Waals surface area contributed by atoms with E-state index in [2.05, 4.69) is 34.1 Å². The lowest BCUT2D eigenvalue weighted by Crippen LogP contribution is -2.42. The molecule has 5 rings (SSSR count). The van der Waals surface area contributed by atoms with Gasteiger partial charge in [0.15, 0.2) is 0 Å². The zero-order valence-electron chi connectivity index (χ0n) is 16.0. The summed E-state index contributed by atoms with van der Waals surface area (Å²) in [5.41, 5.74) is 6.63. The van der Waals surface area contributed by atoms with Crippen molar-refractivity contribution in [3.8, 4) is 0 Å². The average molecular weight is 392 g/mol. The highest BCUT2D eigenvalue weighted by Crippen LogP contribution is 2.26. The first-order chi connectivity index (χ1) is 13.8. The fourth-order valence-corrected chi connectivity index (χ4v) is 5.38. The Morgan fingerprint density at radius 1 is 1.04 bits per heavy atom. The topological polar surface area (TPSA) is 36.4 Å². The first kappa shape index (κ1) is 17.8. The molecular formula is C23H25N3OS. The summed E-state index contributed by atoms with van der Waals surface area (Å²) in [6.07, 6.45) is 4.60. The van der Waals surface area contributed by atoms with Gasteiger partial charge in [-0.15, -0.1) is 11.3 Å². The Morgan fingerprint density at radius 3 is 2.86 bits per heavy atom. The number of rotatable bonds is 2. The monoisotopic (exact) mass is 391 g/mol. The second-order valence-electron chi connectivity index (χ2n) is 7.88. The molecule has 28 heavy (non-hydrogen) atoms. The van der Waals surface area contributed by atoms with E-state index in [1.807, 2.05) is 28.6 Å². The van der Waals surface area contributed by atoms with Crippen LogP contribution in [0, 0.1) is 0 Å². The van der Waals surface area contributed by atoms with Crippen molar-refractivity contribution in [2.24, 2.45) is 0 Å². The average Bonchev–Trinajstić information content (AvgIpc) is 3.07. The molecule has 2 aliphatic rings. The molecule has 2 heterocycles. The lowest BCUT2D eigenvalue weighted by molar-refractivity contribution is 0.0757. The van der Waals surface area contributed by atoms with Crippen molar-refractivity contribution >= 4 is 27.5 Å². The molecule has 1 unspecified atom stereocenters. The van der Waals surface area contributed by atoms with Crippen molar-refractivity contribution < 1.29 is 4.79 Å². The summed E-state index contributed by atoms with van der Waals surface area (Å²) in [4.78, 5) is 22.0. The Kier molecular flexibility index (Phi) is 4.87. The number of amides is 1. The van der Waals surface area contributed by atoms with E-state index in [0.29, 0.717) is 6.04 Å². The van der Waals surface area contributed by atoms with Crippen LogP contribution in [0.1, 0.15) is 34.3 Å². The molecule has 1 fully saturated rings. The van der Waals surface area contributed by atoms with Crippen LogP contribution >= 0.6 is 11.3 Å². The summed E-state index contributed by atoms with van der Waals surface area (Å²) in [7, 11) is 0. The normalized spacial score (nSPS) is 20.7. The van der Waals surface area contributed by atoms with Crippen LogP contribution in [0.5, 0.6) is 0 Å². The molecule has 4 nitrogen and oxygen atoms in total. The molecule has 1 atom stereocenters. The quantitative estimate of drug-likeness (QED) is 0.662. The van der Waals surface area contributed by atoms with Gasteiger partial charge in [0.05, 0.1) is 15.7 Å². The van der Waals surface area contributed by atoms with E-state index in [4.69, 9.17) is 0 Å². The van der Waals surface area contributed by atoms with Gasteiger partial charge in [0.2, 0.25) is 0 Å². The summed E-state index contributed by atoms with van der Waals surface area (Å²) < 4.78 is 1.09. The fourth-order valence-electron chi connectivity index (χ4n) is 4.67. The number of fused-ring (bicyclic) bond motifs is 2. The Morgan fingerprint density at radius 2 is 1.93 bits per heavy atom. The standard InChI is InChI=1S/C23H25N3OS/c27-23(19-7-9-21-22(15-19)28-16-24-21)26-11-3-10-25(12-13-26)20-8-6-17-4-1-2-5-18(17)14-20/h1-2,4-5,7,9,15-16,20H,3,6,8,10-14H2. The van der Waals surface area contributed by atoms with Crippen LogP contribution in [0.25, 0.3) is 10.2 Å². The number of benzene rings is 2. The van der Waals surface area contributed by atoms with Gasteiger partial charge < -0.3 is 4.90 Å². The molecule has 2 aromatic carbocycles. The van der Waals surface area contributed by atoms with Crippen LogP contribution < -0.4 is 0 Å². The zero-order valence-corrected chi connectivity index (χ0v) is 16.8. The van der Waals surface area contributed by atoms with E-state index in [1.54, 1.807) is 11.3 Å². The number of carbonyl (C=O) groups is 1. The second-order valence-corrected chi connectivity index (χ2v) is 8.77. The number of hydrogen-bond acceptors (Lipinski definition) is 4. The lowest BCUT2D eigenvalue weighted by atomic mass is 9.87. The minimum Gasteiger partial charge on any atom is -0.337 e. The Hall–Kier alpha value is -2.24. The van der Waals surface area contributed by atoms with E-state index < -0.39 is 0 Å². The molecule has 5 heteroatoms. The Labute approximate surface area is 169 Å². The highest BCUT2D eigenvalue weighted by atomic mass is 32.1. The van der Waals surface area contributed by atoms with Gasteiger partial charge in [-0.25, -0.2) is 4.98 Å². The Bertz CT molecular complexity index is 998. The van der Waals surface area contributed by atoms with E-state index in [0.717, 1.165) is 54.8 Å². The Balaban J connectivity index is 1.26.